The molecule has 0 aliphatic carbocycles. The van der Waals surface area contributed by atoms with Gasteiger partial charge in [0.15, 0.2) is 6.61 Å². The molecule has 0 saturated heterocycles. The molecule has 1 N–H and O–H groups in total. The van der Waals surface area contributed by atoms with Gasteiger partial charge in [-0.1, -0.05) is 18.2 Å². The van der Waals surface area contributed by atoms with E-state index in [4.69, 9.17) is 4.74 Å². The lowest BCUT2D eigenvalue weighted by molar-refractivity contribution is -0.123. The fourth-order valence-corrected chi connectivity index (χ4v) is 2.19. The number of rotatable bonds is 8. The van der Waals surface area contributed by atoms with Gasteiger partial charge in [-0.05, 0) is 61.2 Å². The van der Waals surface area contributed by atoms with Gasteiger partial charge < -0.3 is 14.8 Å². The average molecular weight is 349 g/mol. The van der Waals surface area contributed by atoms with Crippen molar-refractivity contribution in [3.63, 3.8) is 0 Å². The predicted octanol–water partition coefficient (Wildman–Crippen LogP) is 3.64. The van der Waals surface area contributed by atoms with E-state index in [0.29, 0.717) is 18.7 Å². The van der Waals surface area contributed by atoms with Crippen LogP contribution in [0.15, 0.2) is 42.5 Å². The highest BCUT2D eigenvalue weighted by Gasteiger charge is 2.05. The summed E-state index contributed by atoms with van der Waals surface area (Å²) in [5.74, 6) is 0.563. The van der Waals surface area contributed by atoms with Crippen molar-refractivity contribution in [3.8, 4) is 11.5 Å². The number of halogens is 2. The normalized spacial score (nSPS) is 10.6. The third-order valence-corrected chi connectivity index (χ3v) is 3.73. The van der Waals surface area contributed by atoms with Gasteiger partial charge in [-0.25, -0.2) is 0 Å². The molecule has 0 radical (unpaired) electrons. The van der Waals surface area contributed by atoms with E-state index in [1.807, 2.05) is 32.0 Å². The number of hydrogen-bond donors (Lipinski definition) is 1. The Labute approximate surface area is 145 Å². The van der Waals surface area contributed by atoms with E-state index in [9.17, 15) is 13.6 Å². The second-order valence-corrected chi connectivity index (χ2v) is 5.66. The quantitative estimate of drug-likeness (QED) is 0.791. The molecule has 0 aromatic heterocycles. The van der Waals surface area contributed by atoms with Gasteiger partial charge in [-0.2, -0.15) is 8.78 Å². The number of carbonyl (C=O) groups is 1. The Morgan fingerprint density at radius 2 is 1.72 bits per heavy atom. The van der Waals surface area contributed by atoms with Crippen LogP contribution < -0.4 is 14.8 Å². The van der Waals surface area contributed by atoms with E-state index in [0.717, 1.165) is 11.1 Å². The van der Waals surface area contributed by atoms with Gasteiger partial charge in [0.25, 0.3) is 5.91 Å². The second kappa shape index (κ2) is 9.01. The summed E-state index contributed by atoms with van der Waals surface area (Å²) in [6, 6.07) is 12.0. The number of benzene rings is 2. The van der Waals surface area contributed by atoms with E-state index in [1.54, 1.807) is 12.1 Å². The van der Waals surface area contributed by atoms with Gasteiger partial charge in [0.2, 0.25) is 0 Å². The molecule has 0 saturated carbocycles. The molecule has 0 unspecified atom stereocenters. The molecule has 0 bridgehead atoms. The molecular weight excluding hydrogens is 328 g/mol. The fourth-order valence-electron chi connectivity index (χ4n) is 2.19. The number of carbonyl (C=O) groups excluding carboxylic acids is 1. The molecule has 0 atom stereocenters. The zero-order valence-corrected chi connectivity index (χ0v) is 14.2. The van der Waals surface area contributed by atoms with Crippen molar-refractivity contribution < 1.29 is 23.0 Å². The lowest BCUT2D eigenvalue weighted by Crippen LogP contribution is -2.30. The Balaban J connectivity index is 1.70. The molecule has 0 fully saturated rings. The van der Waals surface area contributed by atoms with Crippen LogP contribution in [0.5, 0.6) is 11.5 Å². The SMILES string of the molecule is Cc1ccc(OCC(=O)NCCc2ccc(OC(F)F)cc2)cc1C. The zero-order chi connectivity index (χ0) is 18.2. The highest BCUT2D eigenvalue weighted by Crippen LogP contribution is 2.16. The van der Waals surface area contributed by atoms with Crippen molar-refractivity contribution in [1.29, 1.82) is 0 Å². The maximum absolute atomic E-state index is 12.1. The van der Waals surface area contributed by atoms with Crippen LogP contribution >= 0.6 is 0 Å². The largest absolute Gasteiger partial charge is 0.484 e. The number of ether oxygens (including phenoxy) is 2. The van der Waals surface area contributed by atoms with Crippen molar-refractivity contribution in [2.45, 2.75) is 26.9 Å². The summed E-state index contributed by atoms with van der Waals surface area (Å²) in [6.07, 6.45) is 0.588. The van der Waals surface area contributed by atoms with Crippen LogP contribution in [0, 0.1) is 13.8 Å². The number of nitrogens with one attached hydrogen (secondary N) is 1. The van der Waals surface area contributed by atoms with E-state index in [1.165, 1.54) is 17.7 Å². The van der Waals surface area contributed by atoms with Crippen LogP contribution in [0.3, 0.4) is 0 Å². The first-order valence-corrected chi connectivity index (χ1v) is 7.94. The fraction of sp³-hybridized carbons (Fsp3) is 0.316. The van der Waals surface area contributed by atoms with Crippen molar-refractivity contribution in [3.05, 3.63) is 59.2 Å². The monoisotopic (exact) mass is 349 g/mol. The first-order chi connectivity index (χ1) is 11.9. The van der Waals surface area contributed by atoms with E-state index < -0.39 is 6.61 Å². The standard InChI is InChI=1S/C19H21F2NO3/c1-13-3-6-17(11-14(13)2)24-12-18(23)22-10-9-15-4-7-16(8-5-15)25-19(20)21/h3-8,11,19H,9-10,12H2,1-2H3,(H,22,23). The molecule has 25 heavy (non-hydrogen) atoms. The third kappa shape index (κ3) is 6.41. The van der Waals surface area contributed by atoms with Crippen LogP contribution in [0.1, 0.15) is 16.7 Å². The Morgan fingerprint density at radius 3 is 2.36 bits per heavy atom. The molecule has 4 nitrogen and oxygen atoms in total. The predicted molar refractivity (Wildman–Crippen MR) is 91.2 cm³/mol. The van der Waals surface area contributed by atoms with Gasteiger partial charge in [0.05, 0.1) is 0 Å². The molecule has 1 amide bonds. The average Bonchev–Trinajstić information content (AvgIpc) is 2.57. The summed E-state index contributed by atoms with van der Waals surface area (Å²) >= 11 is 0. The van der Waals surface area contributed by atoms with Crippen LogP contribution in [0.25, 0.3) is 0 Å². The van der Waals surface area contributed by atoms with Crippen molar-refractivity contribution in [1.82, 2.24) is 5.32 Å². The number of amides is 1. The molecule has 6 heteroatoms. The molecule has 0 spiro atoms. The van der Waals surface area contributed by atoms with E-state index in [-0.39, 0.29) is 18.3 Å². The van der Waals surface area contributed by atoms with Gasteiger partial charge in [-0.3, -0.25) is 4.79 Å². The van der Waals surface area contributed by atoms with Crippen LogP contribution in [0.2, 0.25) is 0 Å². The summed E-state index contributed by atoms with van der Waals surface area (Å²) in [4.78, 5) is 11.8. The van der Waals surface area contributed by atoms with Crippen molar-refractivity contribution >= 4 is 5.91 Å². The maximum Gasteiger partial charge on any atom is 0.387 e. The Hall–Kier alpha value is -2.63. The van der Waals surface area contributed by atoms with Gasteiger partial charge in [0.1, 0.15) is 11.5 Å². The second-order valence-electron chi connectivity index (χ2n) is 5.66. The smallest absolute Gasteiger partial charge is 0.387 e. The third-order valence-electron chi connectivity index (χ3n) is 3.73. The molecule has 0 aliphatic rings. The molecule has 134 valence electrons. The minimum absolute atomic E-state index is 0.0519. The Morgan fingerprint density at radius 1 is 1.04 bits per heavy atom. The summed E-state index contributed by atoms with van der Waals surface area (Å²) in [7, 11) is 0. The van der Waals surface area contributed by atoms with Gasteiger partial charge in [-0.15, -0.1) is 0 Å². The van der Waals surface area contributed by atoms with Crippen LogP contribution in [-0.4, -0.2) is 25.7 Å². The zero-order valence-electron chi connectivity index (χ0n) is 14.2. The summed E-state index contributed by atoms with van der Waals surface area (Å²) in [5.41, 5.74) is 3.19. The molecule has 0 heterocycles. The van der Waals surface area contributed by atoms with E-state index in [2.05, 4.69) is 10.1 Å². The molecule has 2 aromatic rings. The van der Waals surface area contributed by atoms with Crippen LogP contribution in [-0.2, 0) is 11.2 Å². The minimum atomic E-state index is -2.83. The molecule has 0 aliphatic heterocycles. The first kappa shape index (κ1) is 18.7. The molecule has 2 aromatic carbocycles. The lowest BCUT2D eigenvalue weighted by Gasteiger charge is -2.09. The molecular formula is C19H21F2NO3. The van der Waals surface area contributed by atoms with Gasteiger partial charge in [0, 0.05) is 6.54 Å². The topological polar surface area (TPSA) is 47.6 Å². The summed E-state index contributed by atoms with van der Waals surface area (Å²) in [5, 5.41) is 2.76. The number of alkyl halides is 2. The summed E-state index contributed by atoms with van der Waals surface area (Å²) < 4.78 is 33.9. The molecule has 2 rings (SSSR count). The maximum atomic E-state index is 12.1. The highest BCUT2D eigenvalue weighted by atomic mass is 19.3. The Bertz CT molecular complexity index is 702. The first-order valence-electron chi connectivity index (χ1n) is 7.94. The van der Waals surface area contributed by atoms with Crippen molar-refractivity contribution in [2.24, 2.45) is 0 Å². The lowest BCUT2D eigenvalue weighted by atomic mass is 10.1. The number of aryl methyl sites for hydroxylation is 2. The van der Waals surface area contributed by atoms with Gasteiger partial charge >= 0.3 is 6.61 Å². The summed E-state index contributed by atoms with van der Waals surface area (Å²) in [6.45, 7) is 1.55. The number of hydrogen-bond acceptors (Lipinski definition) is 3. The highest BCUT2D eigenvalue weighted by molar-refractivity contribution is 5.77. The van der Waals surface area contributed by atoms with Crippen molar-refractivity contribution in [2.75, 3.05) is 13.2 Å². The van der Waals surface area contributed by atoms with Crippen LogP contribution in [0.4, 0.5) is 8.78 Å². The Kier molecular flexibility index (Phi) is 6.74. The minimum Gasteiger partial charge on any atom is -0.484 e. The van der Waals surface area contributed by atoms with E-state index >= 15 is 0 Å².